The molecule has 0 unspecified atom stereocenters. The van der Waals surface area contributed by atoms with Gasteiger partial charge in [0.1, 0.15) is 0 Å². The molecule has 0 saturated carbocycles. The van der Waals surface area contributed by atoms with E-state index in [-0.39, 0.29) is 0 Å². The third-order valence-corrected chi connectivity index (χ3v) is 1.86. The zero-order valence-electron chi connectivity index (χ0n) is 6.90. The minimum Gasteiger partial charge on any atom is -0.298 e. The van der Waals surface area contributed by atoms with Gasteiger partial charge in [0.2, 0.25) is 0 Å². The molecule has 1 N–H and O–H groups in total. The quantitative estimate of drug-likeness (QED) is 0.703. The number of aromatic amines is 1. The lowest BCUT2D eigenvalue weighted by molar-refractivity contribution is 0.112. The number of carbonyl (C=O) groups is 1. The first kappa shape index (κ1) is 7.73. The molecular formula is C10H8N2O. The second-order valence-corrected chi connectivity index (χ2v) is 2.68. The first-order valence-electron chi connectivity index (χ1n) is 3.96. The summed E-state index contributed by atoms with van der Waals surface area (Å²) in [6, 6.07) is 9.64. The summed E-state index contributed by atoms with van der Waals surface area (Å²) in [5.74, 6) is 0. The molecule has 13 heavy (non-hydrogen) atoms. The number of nitrogens with zero attached hydrogens (tertiary/aromatic N) is 1. The van der Waals surface area contributed by atoms with Crippen LogP contribution in [0.15, 0.2) is 36.5 Å². The number of benzene rings is 1. The smallest absolute Gasteiger partial charge is 0.153 e. The minimum atomic E-state index is 0.589. The molecule has 2 aromatic rings. The molecule has 1 aromatic carbocycles. The largest absolute Gasteiger partial charge is 0.298 e. The zero-order valence-corrected chi connectivity index (χ0v) is 6.90. The van der Waals surface area contributed by atoms with Crippen molar-refractivity contribution in [3.05, 3.63) is 42.1 Å². The summed E-state index contributed by atoms with van der Waals surface area (Å²) in [5, 5.41) is 6.60. The standard InChI is InChI=1S/C10H8N2O/c13-7-9-6-11-12-10(9)8-4-2-1-3-5-8/h1-7H,(H,11,12). The van der Waals surface area contributed by atoms with Crippen molar-refractivity contribution in [1.82, 2.24) is 10.2 Å². The van der Waals surface area contributed by atoms with Crippen molar-refractivity contribution in [2.45, 2.75) is 0 Å². The van der Waals surface area contributed by atoms with Gasteiger partial charge in [0, 0.05) is 5.56 Å². The normalized spacial score (nSPS) is 9.85. The minimum absolute atomic E-state index is 0.589. The molecular weight excluding hydrogens is 164 g/mol. The van der Waals surface area contributed by atoms with Gasteiger partial charge in [0.15, 0.2) is 6.29 Å². The van der Waals surface area contributed by atoms with Gasteiger partial charge in [-0.15, -0.1) is 0 Å². The highest BCUT2D eigenvalue weighted by atomic mass is 16.1. The van der Waals surface area contributed by atoms with Gasteiger partial charge in [-0.3, -0.25) is 9.89 Å². The van der Waals surface area contributed by atoms with E-state index in [0.29, 0.717) is 5.56 Å². The molecule has 0 spiro atoms. The maximum absolute atomic E-state index is 10.6. The lowest BCUT2D eigenvalue weighted by Gasteiger charge is -1.96. The lowest BCUT2D eigenvalue weighted by Crippen LogP contribution is -1.82. The van der Waals surface area contributed by atoms with E-state index < -0.39 is 0 Å². The first-order chi connectivity index (χ1) is 6.42. The SMILES string of the molecule is O=Cc1cn[nH]c1-c1ccccc1. The van der Waals surface area contributed by atoms with E-state index in [0.717, 1.165) is 17.5 Å². The van der Waals surface area contributed by atoms with Crippen LogP contribution in [0.5, 0.6) is 0 Å². The van der Waals surface area contributed by atoms with E-state index in [4.69, 9.17) is 0 Å². The summed E-state index contributed by atoms with van der Waals surface area (Å²) in [6.45, 7) is 0. The molecule has 1 aromatic heterocycles. The number of nitrogens with one attached hydrogen (secondary N) is 1. The van der Waals surface area contributed by atoms with Crippen LogP contribution < -0.4 is 0 Å². The highest BCUT2D eigenvalue weighted by molar-refractivity contribution is 5.85. The lowest BCUT2D eigenvalue weighted by atomic mass is 10.1. The Morgan fingerprint density at radius 3 is 2.69 bits per heavy atom. The van der Waals surface area contributed by atoms with Gasteiger partial charge in [0.25, 0.3) is 0 Å². The Hall–Kier alpha value is -1.90. The first-order valence-corrected chi connectivity index (χ1v) is 3.96. The monoisotopic (exact) mass is 172 g/mol. The number of carbonyl (C=O) groups excluding carboxylic acids is 1. The maximum Gasteiger partial charge on any atom is 0.153 e. The molecule has 0 aliphatic rings. The second kappa shape index (κ2) is 3.23. The van der Waals surface area contributed by atoms with Crippen LogP contribution in [0.1, 0.15) is 10.4 Å². The average Bonchev–Trinajstić information content (AvgIpc) is 2.67. The summed E-state index contributed by atoms with van der Waals surface area (Å²) in [7, 11) is 0. The van der Waals surface area contributed by atoms with Gasteiger partial charge in [-0.25, -0.2) is 0 Å². The Kier molecular flexibility index (Phi) is 1.92. The van der Waals surface area contributed by atoms with Crippen molar-refractivity contribution in [1.29, 1.82) is 0 Å². The van der Waals surface area contributed by atoms with Crippen LogP contribution in [0, 0.1) is 0 Å². The molecule has 64 valence electrons. The molecule has 0 fully saturated rings. The molecule has 0 bridgehead atoms. The van der Waals surface area contributed by atoms with Crippen molar-refractivity contribution in [2.75, 3.05) is 0 Å². The average molecular weight is 172 g/mol. The molecule has 0 amide bonds. The molecule has 3 nitrogen and oxygen atoms in total. The fraction of sp³-hybridized carbons (Fsp3) is 0. The van der Waals surface area contributed by atoms with Crippen LogP contribution >= 0.6 is 0 Å². The van der Waals surface area contributed by atoms with Crippen LogP contribution in [-0.4, -0.2) is 16.5 Å². The number of rotatable bonds is 2. The Morgan fingerprint density at radius 2 is 2.00 bits per heavy atom. The Balaban J connectivity index is 2.52. The summed E-state index contributed by atoms with van der Waals surface area (Å²) in [6.07, 6.45) is 2.32. The molecule has 0 aliphatic carbocycles. The van der Waals surface area contributed by atoms with Gasteiger partial charge in [-0.2, -0.15) is 5.10 Å². The zero-order chi connectivity index (χ0) is 9.10. The van der Waals surface area contributed by atoms with Crippen LogP contribution in [0.25, 0.3) is 11.3 Å². The maximum atomic E-state index is 10.6. The molecule has 1 heterocycles. The van der Waals surface area contributed by atoms with Crippen molar-refractivity contribution in [3.8, 4) is 11.3 Å². The van der Waals surface area contributed by atoms with E-state index in [9.17, 15) is 4.79 Å². The highest BCUT2D eigenvalue weighted by Gasteiger charge is 2.04. The molecule has 0 saturated heterocycles. The van der Waals surface area contributed by atoms with E-state index >= 15 is 0 Å². The van der Waals surface area contributed by atoms with E-state index in [1.54, 1.807) is 0 Å². The van der Waals surface area contributed by atoms with Crippen molar-refractivity contribution in [3.63, 3.8) is 0 Å². The van der Waals surface area contributed by atoms with Gasteiger partial charge < -0.3 is 0 Å². The summed E-state index contributed by atoms with van der Waals surface area (Å²) in [5.41, 5.74) is 2.34. The fourth-order valence-electron chi connectivity index (χ4n) is 1.22. The Morgan fingerprint density at radius 1 is 1.23 bits per heavy atom. The summed E-state index contributed by atoms with van der Waals surface area (Å²) >= 11 is 0. The molecule has 0 radical (unpaired) electrons. The van der Waals surface area contributed by atoms with Crippen LogP contribution in [0.3, 0.4) is 0 Å². The van der Waals surface area contributed by atoms with Gasteiger partial charge >= 0.3 is 0 Å². The number of hydrogen-bond acceptors (Lipinski definition) is 2. The van der Waals surface area contributed by atoms with Crippen molar-refractivity contribution in [2.24, 2.45) is 0 Å². The third kappa shape index (κ3) is 1.36. The van der Waals surface area contributed by atoms with Crippen LogP contribution in [0.2, 0.25) is 0 Å². The number of H-pyrrole nitrogens is 1. The van der Waals surface area contributed by atoms with Gasteiger partial charge in [-0.1, -0.05) is 30.3 Å². The summed E-state index contributed by atoms with van der Waals surface area (Å²) < 4.78 is 0. The van der Waals surface area contributed by atoms with Crippen molar-refractivity contribution >= 4 is 6.29 Å². The van der Waals surface area contributed by atoms with E-state index in [2.05, 4.69) is 10.2 Å². The van der Waals surface area contributed by atoms with E-state index in [1.807, 2.05) is 30.3 Å². The third-order valence-electron chi connectivity index (χ3n) is 1.86. The summed E-state index contributed by atoms with van der Waals surface area (Å²) in [4.78, 5) is 10.6. The number of aromatic nitrogens is 2. The van der Waals surface area contributed by atoms with Gasteiger partial charge in [-0.05, 0) is 0 Å². The van der Waals surface area contributed by atoms with Gasteiger partial charge in [0.05, 0.1) is 17.5 Å². The highest BCUT2D eigenvalue weighted by Crippen LogP contribution is 2.18. The van der Waals surface area contributed by atoms with Crippen LogP contribution in [0.4, 0.5) is 0 Å². The Labute approximate surface area is 75.4 Å². The molecule has 0 aliphatic heterocycles. The van der Waals surface area contributed by atoms with Crippen LogP contribution in [-0.2, 0) is 0 Å². The number of aldehydes is 1. The van der Waals surface area contributed by atoms with E-state index in [1.165, 1.54) is 6.20 Å². The fourth-order valence-corrected chi connectivity index (χ4v) is 1.22. The second-order valence-electron chi connectivity index (χ2n) is 2.68. The number of hydrogen-bond donors (Lipinski definition) is 1. The topological polar surface area (TPSA) is 45.8 Å². The molecule has 2 rings (SSSR count). The molecule has 0 atom stereocenters. The molecule has 3 heteroatoms. The predicted octanol–water partition coefficient (Wildman–Crippen LogP) is 1.89. The Bertz CT molecular complexity index is 406. The predicted molar refractivity (Wildman–Crippen MR) is 49.4 cm³/mol. The van der Waals surface area contributed by atoms with Crippen molar-refractivity contribution < 1.29 is 4.79 Å².